The van der Waals surface area contributed by atoms with Crippen LogP contribution in [0.15, 0.2) is 36.5 Å². The molecule has 3 atom stereocenters. The molecule has 0 aromatic carbocycles. The van der Waals surface area contributed by atoms with Gasteiger partial charge < -0.3 is 20.6 Å². The molecular formula is C57H109NO4. The van der Waals surface area contributed by atoms with Gasteiger partial charge in [-0.1, -0.05) is 275 Å². The summed E-state index contributed by atoms with van der Waals surface area (Å²) in [6.45, 7) is 4.22. The predicted octanol–water partition coefficient (Wildman–Crippen LogP) is 17.1. The number of hydrogen-bond donors (Lipinski definition) is 4. The van der Waals surface area contributed by atoms with E-state index < -0.39 is 18.2 Å². The Morgan fingerprint density at radius 3 is 1.06 bits per heavy atom. The molecule has 1 amide bonds. The first-order valence-electron chi connectivity index (χ1n) is 27.8. The minimum atomic E-state index is -0.927. The second kappa shape index (κ2) is 52.2. The highest BCUT2D eigenvalue weighted by Gasteiger charge is 2.20. The summed E-state index contributed by atoms with van der Waals surface area (Å²) < 4.78 is 0. The third kappa shape index (κ3) is 48.0. The molecule has 3 unspecified atom stereocenters. The number of rotatable bonds is 51. The molecule has 0 aliphatic carbocycles. The second-order valence-electron chi connectivity index (χ2n) is 19.2. The van der Waals surface area contributed by atoms with Crippen molar-refractivity contribution in [2.75, 3.05) is 6.61 Å². The summed E-state index contributed by atoms with van der Waals surface area (Å²) in [5.74, 6) is -0.314. The molecule has 0 spiro atoms. The van der Waals surface area contributed by atoms with Gasteiger partial charge in [0.2, 0.25) is 5.91 Å². The molecule has 4 N–H and O–H groups in total. The Hall–Kier alpha value is -1.43. The lowest BCUT2D eigenvalue weighted by Crippen LogP contribution is -2.45. The number of carbonyl (C=O) groups excluding carboxylic acids is 1. The molecule has 0 aliphatic rings. The minimum Gasteiger partial charge on any atom is -0.394 e. The Morgan fingerprint density at radius 1 is 0.419 bits per heavy atom. The maximum Gasteiger partial charge on any atom is 0.222 e. The first-order valence-corrected chi connectivity index (χ1v) is 27.8. The van der Waals surface area contributed by atoms with Gasteiger partial charge in [-0.05, 0) is 51.4 Å². The van der Waals surface area contributed by atoms with Gasteiger partial charge in [-0.2, -0.15) is 0 Å². The van der Waals surface area contributed by atoms with Gasteiger partial charge in [0.1, 0.15) is 0 Å². The molecular weight excluding hydrogens is 763 g/mol. The van der Waals surface area contributed by atoms with Crippen LogP contribution in [-0.2, 0) is 4.79 Å². The van der Waals surface area contributed by atoms with Crippen LogP contribution < -0.4 is 5.32 Å². The lowest BCUT2D eigenvalue weighted by atomic mass is 10.0. The van der Waals surface area contributed by atoms with E-state index in [-0.39, 0.29) is 18.9 Å². The standard InChI is InChI=1S/C57H109NO4/c1-3-5-7-9-11-13-15-17-18-19-20-21-22-23-24-25-26-27-28-29-30-31-32-33-34-35-36-37-38-39-40-42-44-46-48-50-54(60)52-57(62)58-55(53-59)56(61)51-49-47-45-43-41-16-14-12-10-8-6-4-2/h24-25,27-28,49,51,54-56,59-61H,3-23,26,29-48,50,52-53H2,1-2H3,(H,58,62)/b25-24-,28-27-,51-49+. The van der Waals surface area contributed by atoms with Gasteiger partial charge in [-0.3, -0.25) is 4.79 Å². The Morgan fingerprint density at radius 2 is 0.726 bits per heavy atom. The molecule has 0 rings (SSSR count). The zero-order chi connectivity index (χ0) is 45.1. The van der Waals surface area contributed by atoms with Crippen LogP contribution in [0.5, 0.6) is 0 Å². The third-order valence-corrected chi connectivity index (χ3v) is 12.9. The number of aliphatic hydroxyl groups excluding tert-OH is 3. The Labute approximate surface area is 387 Å². The van der Waals surface area contributed by atoms with E-state index in [4.69, 9.17) is 0 Å². The van der Waals surface area contributed by atoms with Gasteiger partial charge in [0.25, 0.3) is 0 Å². The molecule has 0 heterocycles. The number of aliphatic hydroxyl groups is 3. The van der Waals surface area contributed by atoms with E-state index in [1.807, 2.05) is 6.08 Å². The number of hydrogen-bond acceptors (Lipinski definition) is 4. The maximum atomic E-state index is 12.5. The quantitative estimate of drug-likeness (QED) is 0.0362. The van der Waals surface area contributed by atoms with Crippen LogP contribution in [0, 0.1) is 0 Å². The monoisotopic (exact) mass is 872 g/mol. The average Bonchev–Trinajstić information content (AvgIpc) is 3.27. The summed E-state index contributed by atoms with van der Waals surface area (Å²) in [5, 5.41) is 33.3. The van der Waals surface area contributed by atoms with Gasteiger partial charge in [0.05, 0.1) is 31.3 Å². The first-order chi connectivity index (χ1) is 30.5. The molecule has 366 valence electrons. The lowest BCUT2D eigenvalue weighted by molar-refractivity contribution is -0.124. The smallest absolute Gasteiger partial charge is 0.222 e. The van der Waals surface area contributed by atoms with E-state index in [0.717, 1.165) is 32.1 Å². The molecule has 62 heavy (non-hydrogen) atoms. The maximum absolute atomic E-state index is 12.5. The van der Waals surface area contributed by atoms with Crippen LogP contribution >= 0.6 is 0 Å². The number of allylic oxidation sites excluding steroid dienone is 5. The number of nitrogens with one attached hydrogen (secondary N) is 1. The fourth-order valence-electron chi connectivity index (χ4n) is 8.67. The molecule has 0 aromatic rings. The van der Waals surface area contributed by atoms with E-state index in [1.54, 1.807) is 6.08 Å². The molecule has 5 nitrogen and oxygen atoms in total. The number of unbranched alkanes of at least 4 members (excludes halogenated alkanes) is 38. The fraction of sp³-hybridized carbons (Fsp3) is 0.877. The molecule has 0 aromatic heterocycles. The van der Waals surface area contributed by atoms with E-state index in [2.05, 4.69) is 43.5 Å². The first kappa shape index (κ1) is 60.6. The molecule has 0 radical (unpaired) electrons. The van der Waals surface area contributed by atoms with Crippen molar-refractivity contribution >= 4 is 5.91 Å². The normalized spacial score (nSPS) is 13.6. The summed E-state index contributed by atoms with van der Waals surface area (Å²) in [6.07, 6.45) is 67.7. The van der Waals surface area contributed by atoms with E-state index in [9.17, 15) is 20.1 Å². The molecule has 0 bridgehead atoms. The zero-order valence-corrected chi connectivity index (χ0v) is 41.8. The topological polar surface area (TPSA) is 89.8 Å². The van der Waals surface area contributed by atoms with Gasteiger partial charge in [0.15, 0.2) is 0 Å². The van der Waals surface area contributed by atoms with Gasteiger partial charge in [-0.15, -0.1) is 0 Å². The number of amides is 1. The highest BCUT2D eigenvalue weighted by molar-refractivity contribution is 5.76. The van der Waals surface area contributed by atoms with Crippen LogP contribution in [0.2, 0.25) is 0 Å². The van der Waals surface area contributed by atoms with Crippen molar-refractivity contribution in [3.05, 3.63) is 36.5 Å². The minimum absolute atomic E-state index is 0.0149. The van der Waals surface area contributed by atoms with Crippen molar-refractivity contribution in [3.63, 3.8) is 0 Å². The van der Waals surface area contributed by atoms with Crippen molar-refractivity contribution in [2.45, 2.75) is 315 Å². The summed E-state index contributed by atoms with van der Waals surface area (Å²) in [6, 6.07) is -0.743. The molecule has 0 aliphatic heterocycles. The van der Waals surface area contributed by atoms with Crippen LogP contribution in [0.25, 0.3) is 0 Å². The SMILES string of the molecule is CCCCCCCCCCCC/C=C/C(O)C(CO)NC(=O)CC(O)CCCCCCCCCCCCCCCCC/C=C\C/C=C\CCCCCCCCCCCCCCC. The van der Waals surface area contributed by atoms with Crippen molar-refractivity contribution in [1.82, 2.24) is 5.32 Å². The second-order valence-corrected chi connectivity index (χ2v) is 19.2. The summed E-state index contributed by atoms with van der Waals surface area (Å²) >= 11 is 0. The Kier molecular flexibility index (Phi) is 51.0. The van der Waals surface area contributed by atoms with E-state index in [0.29, 0.717) is 6.42 Å². The Bertz CT molecular complexity index is 962. The van der Waals surface area contributed by atoms with Gasteiger partial charge >= 0.3 is 0 Å². The van der Waals surface area contributed by atoms with Crippen molar-refractivity contribution in [1.29, 1.82) is 0 Å². The molecule has 5 heteroatoms. The molecule has 0 saturated carbocycles. The molecule has 0 fully saturated rings. The predicted molar refractivity (Wildman–Crippen MR) is 273 cm³/mol. The highest BCUT2D eigenvalue weighted by atomic mass is 16.3. The van der Waals surface area contributed by atoms with Crippen molar-refractivity contribution < 1.29 is 20.1 Å². The van der Waals surface area contributed by atoms with Gasteiger partial charge in [-0.25, -0.2) is 0 Å². The van der Waals surface area contributed by atoms with Crippen molar-refractivity contribution in [3.8, 4) is 0 Å². The van der Waals surface area contributed by atoms with E-state index >= 15 is 0 Å². The largest absolute Gasteiger partial charge is 0.394 e. The fourth-order valence-corrected chi connectivity index (χ4v) is 8.67. The van der Waals surface area contributed by atoms with Crippen LogP contribution in [0.4, 0.5) is 0 Å². The average molecular weight is 873 g/mol. The van der Waals surface area contributed by atoms with Gasteiger partial charge in [0, 0.05) is 0 Å². The lowest BCUT2D eigenvalue weighted by Gasteiger charge is -2.21. The summed E-state index contributed by atoms with van der Waals surface area (Å²) in [7, 11) is 0. The van der Waals surface area contributed by atoms with Crippen LogP contribution in [-0.4, -0.2) is 46.1 Å². The third-order valence-electron chi connectivity index (χ3n) is 12.9. The van der Waals surface area contributed by atoms with Crippen molar-refractivity contribution in [2.24, 2.45) is 0 Å². The van der Waals surface area contributed by atoms with Crippen LogP contribution in [0.1, 0.15) is 296 Å². The summed E-state index contributed by atoms with van der Waals surface area (Å²) in [5.41, 5.74) is 0. The van der Waals surface area contributed by atoms with Crippen LogP contribution in [0.3, 0.4) is 0 Å². The Balaban J connectivity index is 3.49. The number of carbonyl (C=O) groups is 1. The zero-order valence-electron chi connectivity index (χ0n) is 41.8. The molecule has 0 saturated heterocycles. The highest BCUT2D eigenvalue weighted by Crippen LogP contribution is 2.17. The van der Waals surface area contributed by atoms with E-state index in [1.165, 1.54) is 238 Å². The summed E-state index contributed by atoms with van der Waals surface area (Å²) in [4.78, 5) is 12.5.